The molecular weight excluding hydrogens is 240 g/mol. The molecule has 98 valence electrons. The number of aldehydes is 1. The quantitative estimate of drug-likeness (QED) is 0.836. The lowest BCUT2D eigenvalue weighted by Gasteiger charge is -2.10. The molecule has 0 heterocycles. The van der Waals surface area contributed by atoms with Gasteiger partial charge in [0.2, 0.25) is 0 Å². The molecule has 0 atom stereocenters. The zero-order valence-corrected chi connectivity index (χ0v) is 10.8. The lowest BCUT2D eigenvalue weighted by Crippen LogP contribution is -1.98. The minimum atomic E-state index is -0.0302. The van der Waals surface area contributed by atoms with Gasteiger partial charge in [-0.05, 0) is 30.0 Å². The zero-order chi connectivity index (χ0) is 13.7. The molecule has 0 saturated heterocycles. The first-order valence-corrected chi connectivity index (χ1v) is 6.13. The Morgan fingerprint density at radius 3 is 2.53 bits per heavy atom. The van der Waals surface area contributed by atoms with E-state index < -0.39 is 0 Å². The van der Waals surface area contributed by atoms with E-state index in [1.165, 1.54) is 18.7 Å². The van der Waals surface area contributed by atoms with Gasteiger partial charge in [-0.15, -0.1) is 0 Å². The number of aromatic hydroxyl groups is 1. The summed E-state index contributed by atoms with van der Waals surface area (Å²) in [5.41, 5.74) is 2.34. The number of aryl methyl sites for hydroxylation is 2. The van der Waals surface area contributed by atoms with E-state index in [0.29, 0.717) is 24.0 Å². The van der Waals surface area contributed by atoms with Crippen molar-refractivity contribution in [2.75, 3.05) is 7.11 Å². The molecule has 0 aliphatic rings. The summed E-state index contributed by atoms with van der Waals surface area (Å²) in [5.74, 6) is 0.531. The summed E-state index contributed by atoms with van der Waals surface area (Å²) >= 11 is 0. The molecule has 0 bridgehead atoms. The second-order valence-corrected chi connectivity index (χ2v) is 4.32. The summed E-state index contributed by atoms with van der Waals surface area (Å²) in [6, 6.07) is 13.3. The van der Waals surface area contributed by atoms with Crippen LogP contribution in [0, 0.1) is 0 Å². The summed E-state index contributed by atoms with van der Waals surface area (Å²) in [6.07, 6.45) is 2.19. The van der Waals surface area contributed by atoms with Crippen molar-refractivity contribution in [3.05, 3.63) is 59.2 Å². The van der Waals surface area contributed by atoms with E-state index >= 15 is 0 Å². The summed E-state index contributed by atoms with van der Waals surface area (Å²) in [7, 11) is 1.54. The van der Waals surface area contributed by atoms with Crippen LogP contribution in [0.4, 0.5) is 0 Å². The molecule has 19 heavy (non-hydrogen) atoms. The van der Waals surface area contributed by atoms with E-state index in [4.69, 9.17) is 4.74 Å². The Bertz CT molecular complexity index is 562. The van der Waals surface area contributed by atoms with Crippen molar-refractivity contribution in [1.29, 1.82) is 0 Å². The minimum absolute atomic E-state index is 0.0302. The number of carbonyl (C=O) groups is 1. The molecule has 2 aromatic carbocycles. The van der Waals surface area contributed by atoms with E-state index in [9.17, 15) is 9.90 Å². The van der Waals surface area contributed by atoms with Crippen LogP contribution in [0.2, 0.25) is 0 Å². The van der Waals surface area contributed by atoms with Gasteiger partial charge in [0.25, 0.3) is 0 Å². The fourth-order valence-corrected chi connectivity index (χ4v) is 2.05. The number of hydrogen-bond donors (Lipinski definition) is 1. The second-order valence-electron chi connectivity index (χ2n) is 4.32. The summed E-state index contributed by atoms with van der Waals surface area (Å²) in [4.78, 5) is 11.1. The normalized spacial score (nSPS) is 10.2. The molecule has 3 heteroatoms. The van der Waals surface area contributed by atoms with Crippen molar-refractivity contribution in [2.45, 2.75) is 12.8 Å². The van der Waals surface area contributed by atoms with Gasteiger partial charge in [0, 0.05) is 6.07 Å². The number of phenols is 1. The molecular formula is C16H16O3. The maximum atomic E-state index is 11.1. The van der Waals surface area contributed by atoms with E-state index in [2.05, 4.69) is 0 Å². The third-order valence-corrected chi connectivity index (χ3v) is 3.10. The predicted molar refractivity (Wildman–Crippen MR) is 73.9 cm³/mol. The molecule has 0 fully saturated rings. The SMILES string of the molecule is COc1cc(O)c(C=O)c(CCc2ccccc2)c1. The molecule has 0 aliphatic carbocycles. The highest BCUT2D eigenvalue weighted by Gasteiger charge is 2.10. The van der Waals surface area contributed by atoms with E-state index in [1.54, 1.807) is 6.07 Å². The summed E-state index contributed by atoms with van der Waals surface area (Å²) in [6.45, 7) is 0. The molecule has 2 aromatic rings. The molecule has 0 saturated carbocycles. The second kappa shape index (κ2) is 6.05. The fraction of sp³-hybridized carbons (Fsp3) is 0.188. The third kappa shape index (κ3) is 3.13. The van der Waals surface area contributed by atoms with Crippen molar-refractivity contribution in [2.24, 2.45) is 0 Å². The number of phenolic OH excluding ortho intramolecular Hbond substituents is 1. The van der Waals surface area contributed by atoms with E-state index in [1.807, 2.05) is 30.3 Å². The van der Waals surface area contributed by atoms with Crippen LogP contribution in [0.15, 0.2) is 42.5 Å². The third-order valence-electron chi connectivity index (χ3n) is 3.10. The number of hydrogen-bond acceptors (Lipinski definition) is 3. The molecule has 0 unspecified atom stereocenters. The van der Waals surface area contributed by atoms with Crippen LogP contribution in [-0.4, -0.2) is 18.5 Å². The molecule has 1 N–H and O–H groups in total. The molecule has 0 spiro atoms. The number of methoxy groups -OCH3 is 1. The smallest absolute Gasteiger partial charge is 0.154 e. The van der Waals surface area contributed by atoms with Crippen LogP contribution in [0.5, 0.6) is 11.5 Å². The highest BCUT2D eigenvalue weighted by molar-refractivity contribution is 5.82. The van der Waals surface area contributed by atoms with Gasteiger partial charge in [0.1, 0.15) is 11.5 Å². The molecule has 2 rings (SSSR count). The maximum absolute atomic E-state index is 11.1. The van der Waals surface area contributed by atoms with Crippen molar-refractivity contribution < 1.29 is 14.6 Å². The van der Waals surface area contributed by atoms with Crippen LogP contribution < -0.4 is 4.74 Å². The maximum Gasteiger partial charge on any atom is 0.154 e. The van der Waals surface area contributed by atoms with Gasteiger partial charge in [-0.2, -0.15) is 0 Å². The monoisotopic (exact) mass is 256 g/mol. The number of carbonyl (C=O) groups excluding carboxylic acids is 1. The first-order valence-electron chi connectivity index (χ1n) is 6.13. The van der Waals surface area contributed by atoms with Gasteiger partial charge >= 0.3 is 0 Å². The Morgan fingerprint density at radius 1 is 1.16 bits per heavy atom. The average molecular weight is 256 g/mol. The lowest BCUT2D eigenvalue weighted by atomic mass is 9.99. The van der Waals surface area contributed by atoms with Crippen LogP contribution in [0.3, 0.4) is 0 Å². The largest absolute Gasteiger partial charge is 0.507 e. The van der Waals surface area contributed by atoms with Crippen LogP contribution in [0.1, 0.15) is 21.5 Å². The Morgan fingerprint density at radius 2 is 1.89 bits per heavy atom. The van der Waals surface area contributed by atoms with E-state index in [-0.39, 0.29) is 5.75 Å². The van der Waals surface area contributed by atoms with Crippen molar-refractivity contribution in [1.82, 2.24) is 0 Å². The Labute approximate surface area is 112 Å². The Hall–Kier alpha value is -2.29. The van der Waals surface area contributed by atoms with Crippen LogP contribution in [0.25, 0.3) is 0 Å². The van der Waals surface area contributed by atoms with Crippen LogP contribution >= 0.6 is 0 Å². The summed E-state index contributed by atoms with van der Waals surface area (Å²) in [5, 5.41) is 9.79. The topological polar surface area (TPSA) is 46.5 Å². The first kappa shape index (κ1) is 13.1. The highest BCUT2D eigenvalue weighted by Crippen LogP contribution is 2.27. The molecule has 3 nitrogen and oxygen atoms in total. The molecule has 0 radical (unpaired) electrons. The Kier molecular flexibility index (Phi) is 4.18. The van der Waals surface area contributed by atoms with Gasteiger partial charge in [0.05, 0.1) is 12.7 Å². The molecule has 0 amide bonds. The van der Waals surface area contributed by atoms with E-state index in [0.717, 1.165) is 12.0 Å². The highest BCUT2D eigenvalue weighted by atomic mass is 16.5. The van der Waals surface area contributed by atoms with Crippen molar-refractivity contribution in [3.63, 3.8) is 0 Å². The lowest BCUT2D eigenvalue weighted by molar-refractivity contribution is 0.112. The fourth-order valence-electron chi connectivity index (χ4n) is 2.05. The predicted octanol–water partition coefficient (Wildman–Crippen LogP) is 3.00. The van der Waals surface area contributed by atoms with Crippen molar-refractivity contribution >= 4 is 6.29 Å². The van der Waals surface area contributed by atoms with Gasteiger partial charge < -0.3 is 9.84 Å². The van der Waals surface area contributed by atoms with Gasteiger partial charge in [-0.25, -0.2) is 0 Å². The first-order chi connectivity index (χ1) is 9.24. The van der Waals surface area contributed by atoms with Crippen LogP contribution in [-0.2, 0) is 12.8 Å². The minimum Gasteiger partial charge on any atom is -0.507 e. The van der Waals surface area contributed by atoms with Gasteiger partial charge in [-0.3, -0.25) is 4.79 Å². The number of rotatable bonds is 5. The molecule has 0 aromatic heterocycles. The zero-order valence-electron chi connectivity index (χ0n) is 10.8. The average Bonchev–Trinajstić information content (AvgIpc) is 2.45. The Balaban J connectivity index is 2.23. The van der Waals surface area contributed by atoms with Gasteiger partial charge in [-0.1, -0.05) is 30.3 Å². The molecule has 0 aliphatic heterocycles. The standard InChI is InChI=1S/C16H16O3/c1-19-14-9-13(15(11-17)16(18)10-14)8-7-12-5-3-2-4-6-12/h2-6,9-11,18H,7-8H2,1H3. The number of ether oxygens (including phenoxy) is 1. The number of benzene rings is 2. The summed E-state index contributed by atoms with van der Waals surface area (Å²) < 4.78 is 5.11. The van der Waals surface area contributed by atoms with Gasteiger partial charge in [0.15, 0.2) is 6.29 Å². The van der Waals surface area contributed by atoms with Crippen molar-refractivity contribution in [3.8, 4) is 11.5 Å².